The number of hydrogen-bond acceptors (Lipinski definition) is 4. The molecule has 5 rings (SSSR count). The molecule has 1 aromatic heterocycles. The van der Waals surface area contributed by atoms with Gasteiger partial charge in [-0.05, 0) is 113 Å². The Bertz CT molecular complexity index is 1120. The van der Waals surface area contributed by atoms with Crippen molar-refractivity contribution < 1.29 is 9.47 Å². The molecule has 182 valence electrons. The third-order valence-corrected chi connectivity index (χ3v) is 8.28. The smallest absolute Gasteiger partial charge is 0.161 e. The average molecular weight is 462 g/mol. The van der Waals surface area contributed by atoms with Gasteiger partial charge >= 0.3 is 0 Å². The van der Waals surface area contributed by atoms with Crippen LogP contribution >= 0.6 is 0 Å². The van der Waals surface area contributed by atoms with E-state index in [0.717, 1.165) is 28.8 Å². The minimum absolute atomic E-state index is 0.662. The van der Waals surface area contributed by atoms with E-state index in [1.165, 1.54) is 80.4 Å². The van der Waals surface area contributed by atoms with Crippen molar-refractivity contribution in [2.45, 2.75) is 51.5 Å². The van der Waals surface area contributed by atoms with Crippen LogP contribution in [0.2, 0.25) is 0 Å². The molecule has 5 nitrogen and oxygen atoms in total. The Kier molecular flexibility index (Phi) is 6.84. The maximum absolute atomic E-state index is 5.53. The molecule has 2 aliphatic rings. The Labute approximate surface area is 204 Å². The number of ether oxygens (including phenoxy) is 2. The van der Waals surface area contributed by atoms with Gasteiger partial charge in [0.05, 0.1) is 14.2 Å². The van der Waals surface area contributed by atoms with E-state index in [1.54, 1.807) is 14.2 Å². The molecule has 0 aliphatic carbocycles. The molecule has 0 unspecified atom stereocenters. The first-order chi connectivity index (χ1) is 16.6. The van der Waals surface area contributed by atoms with E-state index < -0.39 is 0 Å². The molecule has 0 amide bonds. The van der Waals surface area contributed by atoms with Crippen molar-refractivity contribution in [2.24, 2.45) is 0 Å². The van der Waals surface area contributed by atoms with Gasteiger partial charge in [-0.1, -0.05) is 13.0 Å². The van der Waals surface area contributed by atoms with Crippen LogP contribution in [0.5, 0.6) is 11.5 Å². The van der Waals surface area contributed by atoms with Gasteiger partial charge in [-0.3, -0.25) is 0 Å². The van der Waals surface area contributed by atoms with Crippen LogP contribution in [0, 0.1) is 6.92 Å². The number of hydrogen-bond donors (Lipinski definition) is 1. The third kappa shape index (κ3) is 4.44. The van der Waals surface area contributed by atoms with Crippen LogP contribution in [0.3, 0.4) is 0 Å². The Morgan fingerprint density at radius 1 is 0.882 bits per heavy atom. The van der Waals surface area contributed by atoms with Gasteiger partial charge in [-0.2, -0.15) is 0 Å². The van der Waals surface area contributed by atoms with Gasteiger partial charge in [0.2, 0.25) is 0 Å². The molecular weight excluding hydrogens is 422 g/mol. The molecule has 2 aromatic carbocycles. The average Bonchev–Trinajstić information content (AvgIpc) is 3.24. The molecule has 0 spiro atoms. The highest BCUT2D eigenvalue weighted by molar-refractivity contribution is 5.91. The lowest BCUT2D eigenvalue weighted by atomic mass is 9.87. The largest absolute Gasteiger partial charge is 0.493 e. The summed E-state index contributed by atoms with van der Waals surface area (Å²) in [6, 6.07) is 14.0. The normalized spacial score (nSPS) is 19.1. The lowest BCUT2D eigenvalue weighted by Gasteiger charge is -2.41. The topological polar surface area (TPSA) is 40.7 Å². The third-order valence-electron chi connectivity index (χ3n) is 8.28. The van der Waals surface area contributed by atoms with E-state index in [4.69, 9.17) is 9.47 Å². The zero-order valence-corrected chi connectivity index (χ0v) is 21.2. The van der Waals surface area contributed by atoms with E-state index in [2.05, 4.69) is 59.0 Å². The van der Waals surface area contributed by atoms with Gasteiger partial charge in [0.15, 0.2) is 11.5 Å². The van der Waals surface area contributed by atoms with Crippen molar-refractivity contribution in [2.75, 3.05) is 46.9 Å². The highest BCUT2D eigenvalue weighted by Crippen LogP contribution is 2.38. The van der Waals surface area contributed by atoms with Gasteiger partial charge < -0.3 is 24.3 Å². The Morgan fingerprint density at radius 3 is 2.29 bits per heavy atom. The standard InChI is InChI=1S/C29H39N3O2/c1-5-31-14-12-24(13-15-31)32-16-10-21(11-17-32)22-6-8-26-25(18-22)20(2)29(30-26)23-7-9-27(33-3)28(19-23)34-4/h6-9,18-19,21,24,30H,5,10-17H2,1-4H3. The van der Waals surface area contributed by atoms with Crippen molar-refractivity contribution in [1.82, 2.24) is 14.8 Å². The van der Waals surface area contributed by atoms with Crippen LogP contribution in [0.25, 0.3) is 22.2 Å². The van der Waals surface area contributed by atoms with Crippen LogP contribution in [0.15, 0.2) is 36.4 Å². The second-order valence-electron chi connectivity index (χ2n) is 9.98. The molecule has 3 heterocycles. The SMILES string of the molecule is CCN1CCC(N2CCC(c3ccc4[nH]c(-c5ccc(OC)c(OC)c5)c(C)c4c3)CC2)CC1. The molecule has 3 aromatic rings. The molecule has 0 saturated carbocycles. The number of nitrogens with zero attached hydrogens (tertiary/aromatic N) is 2. The minimum Gasteiger partial charge on any atom is -0.493 e. The van der Waals surface area contributed by atoms with Gasteiger partial charge in [0.25, 0.3) is 0 Å². The van der Waals surface area contributed by atoms with Crippen molar-refractivity contribution in [3.63, 3.8) is 0 Å². The van der Waals surface area contributed by atoms with Crippen molar-refractivity contribution in [3.8, 4) is 22.8 Å². The van der Waals surface area contributed by atoms with Gasteiger partial charge in [-0.15, -0.1) is 0 Å². The number of rotatable bonds is 6. The second-order valence-corrected chi connectivity index (χ2v) is 9.98. The number of piperidine rings is 2. The fourth-order valence-electron chi connectivity index (χ4n) is 6.08. The van der Waals surface area contributed by atoms with E-state index in [-0.39, 0.29) is 0 Å². The highest BCUT2D eigenvalue weighted by atomic mass is 16.5. The van der Waals surface area contributed by atoms with Crippen LogP contribution in [-0.2, 0) is 0 Å². The molecule has 34 heavy (non-hydrogen) atoms. The van der Waals surface area contributed by atoms with Crippen LogP contribution in [0.4, 0.5) is 0 Å². The molecule has 2 aliphatic heterocycles. The number of likely N-dealkylation sites (tertiary alicyclic amines) is 2. The quantitative estimate of drug-likeness (QED) is 0.502. The summed E-state index contributed by atoms with van der Waals surface area (Å²) >= 11 is 0. The monoisotopic (exact) mass is 461 g/mol. The molecule has 5 heteroatoms. The van der Waals surface area contributed by atoms with E-state index in [0.29, 0.717) is 5.92 Å². The lowest BCUT2D eigenvalue weighted by molar-refractivity contribution is 0.0895. The predicted molar refractivity (Wildman–Crippen MR) is 140 cm³/mol. The first-order valence-corrected chi connectivity index (χ1v) is 12.9. The fourth-order valence-corrected chi connectivity index (χ4v) is 6.08. The minimum atomic E-state index is 0.662. The van der Waals surface area contributed by atoms with Gasteiger partial charge in [-0.25, -0.2) is 0 Å². The van der Waals surface area contributed by atoms with Gasteiger partial charge in [0, 0.05) is 28.2 Å². The molecular formula is C29H39N3O2. The summed E-state index contributed by atoms with van der Waals surface area (Å²) < 4.78 is 10.9. The summed E-state index contributed by atoms with van der Waals surface area (Å²) in [7, 11) is 3.36. The molecule has 1 N–H and O–H groups in total. The van der Waals surface area contributed by atoms with E-state index >= 15 is 0 Å². The van der Waals surface area contributed by atoms with Crippen molar-refractivity contribution >= 4 is 10.9 Å². The predicted octanol–water partition coefficient (Wildman–Crippen LogP) is 5.82. The molecule has 0 radical (unpaired) electrons. The molecule has 0 bridgehead atoms. The fraction of sp³-hybridized carbons (Fsp3) is 0.517. The maximum atomic E-state index is 5.53. The number of methoxy groups -OCH3 is 2. The zero-order valence-electron chi connectivity index (χ0n) is 21.2. The maximum Gasteiger partial charge on any atom is 0.161 e. The van der Waals surface area contributed by atoms with Crippen LogP contribution < -0.4 is 9.47 Å². The number of benzene rings is 2. The molecule has 2 fully saturated rings. The highest BCUT2D eigenvalue weighted by Gasteiger charge is 2.28. The number of aryl methyl sites for hydroxylation is 1. The first-order valence-electron chi connectivity index (χ1n) is 12.9. The lowest BCUT2D eigenvalue weighted by Crippen LogP contribution is -2.47. The van der Waals surface area contributed by atoms with Crippen LogP contribution in [-0.4, -0.2) is 67.8 Å². The number of H-pyrrole nitrogens is 1. The summed E-state index contributed by atoms with van der Waals surface area (Å²) in [5, 5.41) is 1.33. The Morgan fingerprint density at radius 2 is 1.62 bits per heavy atom. The summed E-state index contributed by atoms with van der Waals surface area (Å²) in [6.45, 7) is 10.7. The number of aromatic amines is 1. The van der Waals surface area contributed by atoms with Crippen molar-refractivity contribution in [3.05, 3.63) is 47.5 Å². The first kappa shape index (κ1) is 23.3. The number of nitrogens with one attached hydrogen (secondary N) is 1. The van der Waals surface area contributed by atoms with Crippen LogP contribution in [0.1, 0.15) is 49.7 Å². The summed E-state index contributed by atoms with van der Waals surface area (Å²) in [4.78, 5) is 9.02. The Hall–Kier alpha value is -2.50. The van der Waals surface area contributed by atoms with Crippen molar-refractivity contribution in [1.29, 1.82) is 0 Å². The number of fused-ring (bicyclic) bond motifs is 1. The van der Waals surface area contributed by atoms with E-state index in [9.17, 15) is 0 Å². The van der Waals surface area contributed by atoms with E-state index in [1.807, 2.05) is 6.07 Å². The second kappa shape index (κ2) is 10.0. The molecule has 0 atom stereocenters. The molecule has 2 saturated heterocycles. The zero-order chi connectivity index (χ0) is 23.7. The summed E-state index contributed by atoms with van der Waals surface area (Å²) in [5.41, 5.74) is 6.26. The number of aromatic nitrogens is 1. The Balaban J connectivity index is 1.31. The summed E-state index contributed by atoms with van der Waals surface area (Å²) in [5.74, 6) is 2.17. The summed E-state index contributed by atoms with van der Waals surface area (Å²) in [6.07, 6.45) is 5.22. The van der Waals surface area contributed by atoms with Gasteiger partial charge in [0.1, 0.15) is 0 Å².